The second-order valence-corrected chi connectivity index (χ2v) is 7.73. The summed E-state index contributed by atoms with van der Waals surface area (Å²) >= 11 is 1.53. The first-order chi connectivity index (χ1) is 12.6. The van der Waals surface area contributed by atoms with Gasteiger partial charge in [-0.25, -0.2) is 0 Å². The third-order valence-corrected chi connectivity index (χ3v) is 5.76. The van der Waals surface area contributed by atoms with Crippen LogP contribution in [0.3, 0.4) is 0 Å². The molecule has 0 fully saturated rings. The number of amides is 2. The number of carbonyl (C=O) groups excluding carboxylic acids is 2. The molecule has 0 saturated carbocycles. The fraction of sp³-hybridized carbons (Fsp3) is 0.400. The average Bonchev–Trinajstić information content (AvgIpc) is 2.99. The molecular weight excluding hydrogens is 348 g/mol. The summed E-state index contributed by atoms with van der Waals surface area (Å²) in [5.41, 5.74) is 2.29. The van der Waals surface area contributed by atoms with Gasteiger partial charge in [0.2, 0.25) is 0 Å². The van der Waals surface area contributed by atoms with E-state index < -0.39 is 0 Å². The highest BCUT2D eigenvalue weighted by Crippen LogP contribution is 2.39. The molecule has 0 unspecified atom stereocenters. The maximum absolute atomic E-state index is 12.8. The number of carbonyl (C=O) groups is 2. The van der Waals surface area contributed by atoms with Crippen LogP contribution in [0.4, 0.5) is 5.00 Å². The summed E-state index contributed by atoms with van der Waals surface area (Å²) in [4.78, 5) is 26.5. The van der Waals surface area contributed by atoms with Crippen LogP contribution in [-0.4, -0.2) is 32.1 Å². The van der Waals surface area contributed by atoms with Gasteiger partial charge >= 0.3 is 0 Å². The SMILES string of the molecule is COCCNC(=O)c1c(NC(=O)c2ccccc2)sc2c1CC[C@@H](C)C2. The van der Waals surface area contributed by atoms with E-state index in [9.17, 15) is 9.59 Å². The van der Waals surface area contributed by atoms with Gasteiger partial charge in [-0.15, -0.1) is 11.3 Å². The Bertz CT molecular complexity index is 786. The smallest absolute Gasteiger partial charge is 0.256 e. The van der Waals surface area contributed by atoms with Gasteiger partial charge in [-0.1, -0.05) is 25.1 Å². The van der Waals surface area contributed by atoms with Crippen LogP contribution in [0.25, 0.3) is 0 Å². The topological polar surface area (TPSA) is 67.4 Å². The highest BCUT2D eigenvalue weighted by Gasteiger charge is 2.28. The third kappa shape index (κ3) is 4.14. The van der Waals surface area contributed by atoms with Crippen LogP contribution in [0.15, 0.2) is 30.3 Å². The van der Waals surface area contributed by atoms with E-state index in [1.807, 2.05) is 18.2 Å². The van der Waals surface area contributed by atoms with Crippen LogP contribution in [0, 0.1) is 5.92 Å². The summed E-state index contributed by atoms with van der Waals surface area (Å²) in [7, 11) is 1.60. The highest BCUT2D eigenvalue weighted by molar-refractivity contribution is 7.17. The molecule has 1 heterocycles. The Morgan fingerprint density at radius 3 is 2.73 bits per heavy atom. The molecule has 26 heavy (non-hydrogen) atoms. The average molecular weight is 372 g/mol. The first kappa shape index (κ1) is 18.6. The minimum atomic E-state index is -0.191. The van der Waals surface area contributed by atoms with E-state index in [2.05, 4.69) is 17.6 Å². The van der Waals surface area contributed by atoms with Crippen molar-refractivity contribution in [2.75, 3.05) is 25.6 Å². The molecule has 138 valence electrons. The molecule has 0 saturated heterocycles. The van der Waals surface area contributed by atoms with Crippen molar-refractivity contribution in [3.8, 4) is 0 Å². The quantitative estimate of drug-likeness (QED) is 0.763. The number of hydrogen-bond donors (Lipinski definition) is 2. The van der Waals surface area contributed by atoms with Crippen molar-refractivity contribution in [3.05, 3.63) is 51.9 Å². The molecule has 1 aliphatic carbocycles. The molecule has 6 heteroatoms. The van der Waals surface area contributed by atoms with Gasteiger partial charge in [0.15, 0.2) is 0 Å². The number of ether oxygens (including phenoxy) is 1. The highest BCUT2D eigenvalue weighted by atomic mass is 32.1. The Balaban J connectivity index is 1.88. The van der Waals surface area contributed by atoms with Crippen molar-refractivity contribution in [1.29, 1.82) is 0 Å². The number of nitrogens with one attached hydrogen (secondary N) is 2. The Kier molecular flexibility index (Phi) is 6.06. The molecule has 2 aromatic rings. The van der Waals surface area contributed by atoms with Gasteiger partial charge in [0.05, 0.1) is 12.2 Å². The Hall–Kier alpha value is -2.18. The summed E-state index contributed by atoms with van der Waals surface area (Å²) in [5, 5.41) is 6.50. The summed E-state index contributed by atoms with van der Waals surface area (Å²) in [6.45, 7) is 3.13. The van der Waals surface area contributed by atoms with Crippen LogP contribution in [0.5, 0.6) is 0 Å². The zero-order chi connectivity index (χ0) is 18.5. The number of anilines is 1. The molecular formula is C20H24N2O3S. The Morgan fingerprint density at radius 2 is 2.00 bits per heavy atom. The molecule has 5 nitrogen and oxygen atoms in total. The van der Waals surface area contributed by atoms with Crippen molar-refractivity contribution in [2.24, 2.45) is 5.92 Å². The first-order valence-electron chi connectivity index (χ1n) is 8.88. The fourth-order valence-electron chi connectivity index (χ4n) is 3.20. The minimum Gasteiger partial charge on any atom is -0.383 e. The van der Waals surface area contributed by atoms with Gasteiger partial charge in [-0.3, -0.25) is 9.59 Å². The molecule has 2 N–H and O–H groups in total. The molecule has 1 aromatic heterocycles. The lowest BCUT2D eigenvalue weighted by molar-refractivity contribution is 0.0937. The summed E-state index contributed by atoms with van der Waals surface area (Å²) in [6, 6.07) is 9.06. The zero-order valence-electron chi connectivity index (χ0n) is 15.1. The molecule has 0 radical (unpaired) electrons. The second kappa shape index (κ2) is 8.47. The molecule has 0 spiro atoms. The van der Waals surface area contributed by atoms with Gasteiger partial charge in [-0.05, 0) is 42.9 Å². The lowest BCUT2D eigenvalue weighted by atomic mass is 9.88. The lowest BCUT2D eigenvalue weighted by Crippen LogP contribution is -2.29. The van der Waals surface area contributed by atoms with Crippen LogP contribution >= 0.6 is 11.3 Å². The number of rotatable bonds is 6. The monoisotopic (exact) mass is 372 g/mol. The van der Waals surface area contributed by atoms with E-state index in [1.54, 1.807) is 19.2 Å². The number of methoxy groups -OCH3 is 1. The van der Waals surface area contributed by atoms with Crippen LogP contribution < -0.4 is 10.6 Å². The third-order valence-electron chi connectivity index (χ3n) is 4.59. The van der Waals surface area contributed by atoms with Crippen molar-refractivity contribution < 1.29 is 14.3 Å². The predicted octanol–water partition coefficient (Wildman–Crippen LogP) is 3.50. The van der Waals surface area contributed by atoms with E-state index in [0.29, 0.717) is 35.2 Å². The summed E-state index contributed by atoms with van der Waals surface area (Å²) in [5.74, 6) is 0.267. The van der Waals surface area contributed by atoms with Crippen molar-refractivity contribution in [3.63, 3.8) is 0 Å². The van der Waals surface area contributed by atoms with Crippen LogP contribution in [0.2, 0.25) is 0 Å². The van der Waals surface area contributed by atoms with Gasteiger partial charge in [0, 0.05) is 24.1 Å². The zero-order valence-corrected chi connectivity index (χ0v) is 15.9. The first-order valence-corrected chi connectivity index (χ1v) is 9.70. The second-order valence-electron chi connectivity index (χ2n) is 6.62. The van der Waals surface area contributed by atoms with Gasteiger partial charge in [-0.2, -0.15) is 0 Å². The molecule has 0 bridgehead atoms. The van der Waals surface area contributed by atoms with Crippen molar-refractivity contribution >= 4 is 28.2 Å². The molecule has 1 atom stereocenters. The lowest BCUT2D eigenvalue weighted by Gasteiger charge is -2.18. The molecule has 0 aliphatic heterocycles. The van der Waals surface area contributed by atoms with E-state index in [1.165, 1.54) is 16.2 Å². The number of thiophene rings is 1. The normalized spacial score (nSPS) is 16.0. The molecule has 1 aliphatic rings. The van der Waals surface area contributed by atoms with Crippen LogP contribution in [0.1, 0.15) is 44.5 Å². The fourth-order valence-corrected chi connectivity index (χ4v) is 4.60. The minimum absolute atomic E-state index is 0.141. The van der Waals surface area contributed by atoms with Crippen LogP contribution in [-0.2, 0) is 17.6 Å². The molecule has 3 rings (SSSR count). The number of benzene rings is 1. The standard InChI is InChI=1S/C20H24N2O3S/c1-13-8-9-15-16(12-13)26-20(17(15)19(24)21-10-11-25-2)22-18(23)14-6-4-3-5-7-14/h3-7,13H,8-12H2,1-2H3,(H,21,24)(H,22,23)/t13-/m1/s1. The molecule has 2 amide bonds. The number of hydrogen-bond acceptors (Lipinski definition) is 4. The maximum atomic E-state index is 12.8. The van der Waals surface area contributed by atoms with E-state index in [0.717, 1.165) is 24.8 Å². The van der Waals surface area contributed by atoms with Crippen molar-refractivity contribution in [1.82, 2.24) is 5.32 Å². The summed E-state index contributed by atoms with van der Waals surface area (Å²) in [6.07, 6.45) is 2.90. The van der Waals surface area contributed by atoms with E-state index in [4.69, 9.17) is 4.74 Å². The van der Waals surface area contributed by atoms with E-state index >= 15 is 0 Å². The molecule has 1 aromatic carbocycles. The van der Waals surface area contributed by atoms with Gasteiger partial charge < -0.3 is 15.4 Å². The maximum Gasteiger partial charge on any atom is 0.256 e. The van der Waals surface area contributed by atoms with Gasteiger partial charge in [0.1, 0.15) is 5.00 Å². The van der Waals surface area contributed by atoms with Crippen molar-refractivity contribution in [2.45, 2.75) is 26.2 Å². The van der Waals surface area contributed by atoms with Gasteiger partial charge in [0.25, 0.3) is 11.8 Å². The largest absolute Gasteiger partial charge is 0.383 e. The van der Waals surface area contributed by atoms with E-state index in [-0.39, 0.29) is 11.8 Å². The number of fused-ring (bicyclic) bond motifs is 1. The Morgan fingerprint density at radius 1 is 1.23 bits per heavy atom. The Labute approximate surface area is 157 Å². The predicted molar refractivity (Wildman–Crippen MR) is 104 cm³/mol. The summed E-state index contributed by atoms with van der Waals surface area (Å²) < 4.78 is 5.01.